The second-order valence-corrected chi connectivity index (χ2v) is 7.02. The summed E-state index contributed by atoms with van der Waals surface area (Å²) in [5.74, 6) is -0.184. The molecule has 22 heavy (non-hydrogen) atoms. The van der Waals surface area contributed by atoms with E-state index >= 15 is 0 Å². The van der Waals surface area contributed by atoms with Crippen molar-refractivity contribution < 1.29 is 14.3 Å². The van der Waals surface area contributed by atoms with E-state index < -0.39 is 11.2 Å². The van der Waals surface area contributed by atoms with E-state index in [9.17, 15) is 9.59 Å². The molecular formula is C14H17N3O3S2. The molecule has 1 atom stereocenters. The maximum Gasteiger partial charge on any atom is 0.348 e. The van der Waals surface area contributed by atoms with Gasteiger partial charge < -0.3 is 10.5 Å². The first-order valence-corrected chi connectivity index (χ1v) is 8.45. The topological polar surface area (TPSA) is 95.2 Å². The number of aromatic nitrogens is 2. The van der Waals surface area contributed by atoms with Crippen molar-refractivity contribution in [3.8, 4) is 0 Å². The van der Waals surface area contributed by atoms with Crippen molar-refractivity contribution in [2.24, 2.45) is 5.73 Å². The highest BCUT2D eigenvalue weighted by atomic mass is 32.2. The summed E-state index contributed by atoms with van der Waals surface area (Å²) < 4.78 is 5.07. The van der Waals surface area contributed by atoms with E-state index in [-0.39, 0.29) is 5.97 Å². The largest absolute Gasteiger partial charge is 0.462 e. The molecule has 2 N–H and O–H groups in total. The highest BCUT2D eigenvalue weighted by Gasteiger charge is 2.22. The Morgan fingerprint density at radius 3 is 2.64 bits per heavy atom. The molecule has 0 spiro atoms. The Balaban J connectivity index is 2.57. The number of nitrogens with two attached hydrogens (primary N) is 1. The fourth-order valence-electron chi connectivity index (χ4n) is 1.91. The van der Waals surface area contributed by atoms with E-state index in [4.69, 9.17) is 10.5 Å². The fraction of sp³-hybridized carbons (Fsp3) is 0.429. The van der Waals surface area contributed by atoms with Gasteiger partial charge in [-0.15, -0.1) is 11.3 Å². The fourth-order valence-corrected chi connectivity index (χ4v) is 4.09. The van der Waals surface area contributed by atoms with Crippen LogP contribution in [0.1, 0.15) is 34.9 Å². The molecule has 0 aromatic carbocycles. The molecule has 6 nitrogen and oxygen atoms in total. The second-order valence-electron chi connectivity index (χ2n) is 4.70. The summed E-state index contributed by atoms with van der Waals surface area (Å²) in [5.41, 5.74) is 6.10. The first kappa shape index (κ1) is 16.7. The van der Waals surface area contributed by atoms with Gasteiger partial charge in [0.2, 0.25) is 5.91 Å². The molecule has 2 rings (SSSR count). The summed E-state index contributed by atoms with van der Waals surface area (Å²) in [6, 6.07) is 0. The number of amides is 1. The number of carbonyl (C=O) groups excluding carboxylic acids is 2. The van der Waals surface area contributed by atoms with Crippen LogP contribution in [0.5, 0.6) is 0 Å². The maximum atomic E-state index is 12.0. The van der Waals surface area contributed by atoms with Crippen molar-refractivity contribution >= 4 is 45.2 Å². The zero-order chi connectivity index (χ0) is 16.4. The van der Waals surface area contributed by atoms with Gasteiger partial charge in [-0.25, -0.2) is 14.8 Å². The van der Waals surface area contributed by atoms with Crippen molar-refractivity contribution in [2.45, 2.75) is 38.0 Å². The molecule has 0 aliphatic rings. The van der Waals surface area contributed by atoms with E-state index in [0.717, 1.165) is 10.9 Å². The molecule has 0 saturated heterocycles. The lowest BCUT2D eigenvalue weighted by molar-refractivity contribution is -0.117. The number of carbonyl (C=O) groups is 2. The Bertz CT molecular complexity index is 742. The quantitative estimate of drug-likeness (QED) is 0.511. The lowest BCUT2D eigenvalue weighted by atomic mass is 10.2. The van der Waals surface area contributed by atoms with Gasteiger partial charge in [0.25, 0.3) is 0 Å². The molecule has 1 amide bonds. The Hall–Kier alpha value is -1.67. The summed E-state index contributed by atoms with van der Waals surface area (Å²) in [7, 11) is 0. The SMILES string of the molecule is CCOC(=O)c1sc2nc(C)nc(S[C@H](C)C(N)=O)c2c1C. The Morgan fingerprint density at radius 2 is 2.05 bits per heavy atom. The van der Waals surface area contributed by atoms with Gasteiger partial charge in [0.05, 0.1) is 11.9 Å². The molecule has 2 heterocycles. The minimum atomic E-state index is -0.414. The van der Waals surface area contributed by atoms with Crippen LogP contribution in [0.2, 0.25) is 0 Å². The summed E-state index contributed by atoms with van der Waals surface area (Å²) in [4.78, 5) is 33.3. The molecule has 0 saturated carbocycles. The summed E-state index contributed by atoms with van der Waals surface area (Å²) >= 11 is 2.56. The highest BCUT2D eigenvalue weighted by Crippen LogP contribution is 2.37. The molecular weight excluding hydrogens is 322 g/mol. The van der Waals surface area contributed by atoms with Crippen LogP contribution in [0.3, 0.4) is 0 Å². The monoisotopic (exact) mass is 339 g/mol. The van der Waals surface area contributed by atoms with Crippen LogP contribution in [0.25, 0.3) is 10.2 Å². The number of nitrogens with zero attached hydrogens (tertiary/aromatic N) is 2. The van der Waals surface area contributed by atoms with E-state index in [1.807, 2.05) is 6.92 Å². The van der Waals surface area contributed by atoms with Crippen LogP contribution in [0, 0.1) is 13.8 Å². The van der Waals surface area contributed by atoms with Gasteiger partial charge in [0, 0.05) is 5.39 Å². The number of hydrogen-bond donors (Lipinski definition) is 1. The Morgan fingerprint density at radius 1 is 1.36 bits per heavy atom. The molecule has 0 radical (unpaired) electrons. The molecule has 0 bridgehead atoms. The van der Waals surface area contributed by atoms with E-state index in [1.54, 1.807) is 20.8 Å². The van der Waals surface area contributed by atoms with E-state index in [2.05, 4.69) is 9.97 Å². The minimum absolute atomic E-state index is 0.317. The number of thioether (sulfide) groups is 1. The van der Waals surface area contributed by atoms with Crippen LogP contribution in [-0.4, -0.2) is 33.7 Å². The third-order valence-corrected chi connectivity index (χ3v) is 5.29. The van der Waals surface area contributed by atoms with Gasteiger partial charge in [0.15, 0.2) is 0 Å². The van der Waals surface area contributed by atoms with Crippen LogP contribution in [0.15, 0.2) is 5.03 Å². The number of ether oxygens (including phenoxy) is 1. The van der Waals surface area contributed by atoms with Crippen LogP contribution < -0.4 is 5.73 Å². The zero-order valence-corrected chi connectivity index (χ0v) is 14.4. The molecule has 2 aromatic heterocycles. The summed E-state index contributed by atoms with van der Waals surface area (Å²) in [6.07, 6.45) is 0. The Labute approximate surface area is 136 Å². The molecule has 0 fully saturated rings. The number of esters is 1. The molecule has 2 aromatic rings. The number of primary amides is 1. The first-order chi connectivity index (χ1) is 10.3. The van der Waals surface area contributed by atoms with Gasteiger partial charge in [-0.3, -0.25) is 4.79 Å². The number of fused-ring (bicyclic) bond motifs is 1. The lowest BCUT2D eigenvalue weighted by Crippen LogP contribution is -2.22. The van der Waals surface area contributed by atoms with Crippen molar-refractivity contribution in [3.63, 3.8) is 0 Å². The van der Waals surface area contributed by atoms with Crippen molar-refractivity contribution in [1.82, 2.24) is 9.97 Å². The molecule has 0 aliphatic heterocycles. The summed E-state index contributed by atoms with van der Waals surface area (Å²) in [5, 5.41) is 1.04. The third-order valence-electron chi connectivity index (χ3n) is 3.02. The van der Waals surface area contributed by atoms with Gasteiger partial charge in [-0.05, 0) is 33.3 Å². The van der Waals surface area contributed by atoms with Crippen LogP contribution >= 0.6 is 23.1 Å². The standard InChI is InChI=1S/C14H17N3O3S2/c1-5-20-14(19)10-6(2)9-12(21-7(3)11(15)18)16-8(4)17-13(9)22-10/h7H,5H2,1-4H3,(H2,15,18)/t7-/m1/s1. The van der Waals surface area contributed by atoms with Crippen molar-refractivity contribution in [3.05, 3.63) is 16.3 Å². The predicted octanol–water partition coefficient (Wildman–Crippen LogP) is 2.45. The first-order valence-electron chi connectivity index (χ1n) is 6.76. The average Bonchev–Trinajstić information content (AvgIpc) is 2.76. The molecule has 118 valence electrons. The highest BCUT2D eigenvalue weighted by molar-refractivity contribution is 8.00. The molecule has 8 heteroatoms. The molecule has 0 aliphatic carbocycles. The number of hydrogen-bond acceptors (Lipinski definition) is 7. The lowest BCUT2D eigenvalue weighted by Gasteiger charge is -2.08. The van der Waals surface area contributed by atoms with E-state index in [0.29, 0.717) is 27.2 Å². The smallest absolute Gasteiger partial charge is 0.348 e. The van der Waals surface area contributed by atoms with Crippen LogP contribution in [-0.2, 0) is 9.53 Å². The summed E-state index contributed by atoms with van der Waals surface area (Å²) in [6.45, 7) is 7.42. The van der Waals surface area contributed by atoms with Crippen molar-refractivity contribution in [1.29, 1.82) is 0 Å². The maximum absolute atomic E-state index is 12.0. The van der Waals surface area contributed by atoms with E-state index in [1.165, 1.54) is 23.1 Å². The normalized spacial score (nSPS) is 12.4. The van der Waals surface area contributed by atoms with Gasteiger partial charge in [0.1, 0.15) is 20.6 Å². The Kier molecular flexibility index (Phi) is 5.02. The van der Waals surface area contributed by atoms with Gasteiger partial charge >= 0.3 is 5.97 Å². The predicted molar refractivity (Wildman–Crippen MR) is 87.4 cm³/mol. The third kappa shape index (κ3) is 3.22. The van der Waals surface area contributed by atoms with Crippen molar-refractivity contribution in [2.75, 3.05) is 6.61 Å². The van der Waals surface area contributed by atoms with Gasteiger partial charge in [-0.2, -0.15) is 0 Å². The average molecular weight is 339 g/mol. The van der Waals surface area contributed by atoms with Gasteiger partial charge in [-0.1, -0.05) is 11.8 Å². The minimum Gasteiger partial charge on any atom is -0.462 e. The number of aryl methyl sites for hydroxylation is 2. The zero-order valence-electron chi connectivity index (χ0n) is 12.8. The van der Waals surface area contributed by atoms with Crippen LogP contribution in [0.4, 0.5) is 0 Å². The second kappa shape index (κ2) is 6.62. The number of rotatable bonds is 5. The molecule has 0 unspecified atom stereocenters. The number of thiophene rings is 1.